The van der Waals surface area contributed by atoms with Gasteiger partial charge in [-0.3, -0.25) is 0 Å². The summed E-state index contributed by atoms with van der Waals surface area (Å²) in [5.41, 5.74) is 3.83. The lowest BCUT2D eigenvalue weighted by atomic mass is 10.1. The predicted octanol–water partition coefficient (Wildman–Crippen LogP) is 7.18. The maximum Gasteiger partial charge on any atom is 0.362 e. The highest BCUT2D eigenvalue weighted by Crippen LogP contribution is 2.27. The first-order valence-corrected chi connectivity index (χ1v) is 17.7. The first-order chi connectivity index (χ1) is 26.0. The van der Waals surface area contributed by atoms with E-state index in [-0.39, 0.29) is 36.7 Å². The van der Waals surface area contributed by atoms with Gasteiger partial charge in [-0.15, -0.1) is 0 Å². The molecular weight excluding hydrogens is 690 g/mol. The minimum atomic E-state index is -0.717. The van der Waals surface area contributed by atoms with E-state index in [1.165, 1.54) is 18.3 Å². The SMILES string of the molecule is CC(O)COC(C)COc1ccc(-c2ccc(OC(=O)c3ccnc(C(=O)Oc4ccc(-c5ccc(OCC(C)OCC(C)O)cc5)cc4)c3)cc2)cc1. The van der Waals surface area contributed by atoms with Crippen LogP contribution in [0.3, 0.4) is 0 Å². The van der Waals surface area contributed by atoms with Crippen molar-refractivity contribution < 1.29 is 48.2 Å². The van der Waals surface area contributed by atoms with Crippen LogP contribution in [-0.2, 0) is 9.47 Å². The molecule has 1 aromatic heterocycles. The molecule has 0 radical (unpaired) electrons. The van der Waals surface area contributed by atoms with Crippen LogP contribution in [0.5, 0.6) is 23.0 Å². The van der Waals surface area contributed by atoms with E-state index in [4.69, 9.17) is 28.4 Å². The van der Waals surface area contributed by atoms with Crippen molar-refractivity contribution in [1.29, 1.82) is 0 Å². The third-order valence-electron chi connectivity index (χ3n) is 7.92. The van der Waals surface area contributed by atoms with Crippen LogP contribution in [0, 0.1) is 0 Å². The lowest BCUT2D eigenvalue weighted by Gasteiger charge is -2.15. The molecule has 0 saturated heterocycles. The van der Waals surface area contributed by atoms with E-state index in [0.717, 1.165) is 22.3 Å². The van der Waals surface area contributed by atoms with Crippen molar-refractivity contribution in [3.05, 3.63) is 127 Å². The van der Waals surface area contributed by atoms with Gasteiger partial charge in [0.15, 0.2) is 0 Å². The van der Waals surface area contributed by atoms with Crippen LogP contribution in [0.15, 0.2) is 115 Å². The standard InChI is InChI=1S/C43H45NO10/c1-28(45)24-49-30(3)26-51-37-13-5-32(6-14-37)34-9-17-39(18-10-34)53-42(47)36-21-22-44-41(23-36)43(48)54-40-19-11-35(12-20-40)33-7-15-38(16-8-33)52-27-31(4)50-25-29(2)46/h5-23,28-31,45-46H,24-27H2,1-4H3. The molecule has 5 rings (SSSR count). The van der Waals surface area contributed by atoms with E-state index in [0.29, 0.717) is 36.2 Å². The number of hydrogen-bond acceptors (Lipinski definition) is 11. The van der Waals surface area contributed by atoms with Crippen LogP contribution in [0.2, 0.25) is 0 Å². The molecule has 2 N–H and O–H groups in total. The van der Waals surface area contributed by atoms with Crippen molar-refractivity contribution >= 4 is 11.9 Å². The van der Waals surface area contributed by atoms with Gasteiger partial charge in [0.05, 0.1) is 43.2 Å². The van der Waals surface area contributed by atoms with Crippen molar-refractivity contribution in [2.45, 2.75) is 52.1 Å². The van der Waals surface area contributed by atoms with E-state index in [9.17, 15) is 19.8 Å². The van der Waals surface area contributed by atoms with Gasteiger partial charge in [-0.2, -0.15) is 0 Å². The van der Waals surface area contributed by atoms with Gasteiger partial charge in [0, 0.05) is 6.20 Å². The van der Waals surface area contributed by atoms with Gasteiger partial charge in [0.25, 0.3) is 0 Å². The summed E-state index contributed by atoms with van der Waals surface area (Å²) in [4.78, 5) is 30.0. The largest absolute Gasteiger partial charge is 0.491 e. The zero-order valence-corrected chi connectivity index (χ0v) is 30.7. The van der Waals surface area contributed by atoms with Gasteiger partial charge in [-0.05, 0) is 111 Å². The second-order valence-electron chi connectivity index (χ2n) is 12.9. The average molecular weight is 736 g/mol. The number of carbonyl (C=O) groups is 2. The van der Waals surface area contributed by atoms with Crippen molar-refractivity contribution in [1.82, 2.24) is 4.98 Å². The summed E-state index contributed by atoms with van der Waals surface area (Å²) in [6.45, 7) is 8.34. The number of carbonyl (C=O) groups excluding carboxylic acids is 2. The molecule has 0 amide bonds. The van der Waals surface area contributed by atoms with Gasteiger partial charge in [0.1, 0.15) is 41.9 Å². The second-order valence-corrected chi connectivity index (χ2v) is 12.9. The molecule has 11 nitrogen and oxygen atoms in total. The molecule has 0 aliphatic heterocycles. The second kappa shape index (κ2) is 19.5. The summed E-state index contributed by atoms with van der Waals surface area (Å²) in [5, 5.41) is 18.7. The zero-order valence-electron chi connectivity index (χ0n) is 30.7. The smallest absolute Gasteiger partial charge is 0.362 e. The number of esters is 2. The van der Waals surface area contributed by atoms with Crippen LogP contribution >= 0.6 is 0 Å². The number of aliphatic hydroxyl groups is 2. The maximum atomic E-state index is 13.0. The number of ether oxygens (including phenoxy) is 6. The van der Waals surface area contributed by atoms with E-state index in [2.05, 4.69) is 4.98 Å². The Bertz CT molecular complexity index is 1790. The number of aromatic nitrogens is 1. The Balaban J connectivity index is 1.10. The summed E-state index contributed by atoms with van der Waals surface area (Å²) in [6.07, 6.45) is -0.0172. The molecule has 4 atom stereocenters. The molecule has 54 heavy (non-hydrogen) atoms. The number of benzene rings is 4. The molecule has 1 heterocycles. The molecule has 0 fully saturated rings. The van der Waals surface area contributed by atoms with E-state index >= 15 is 0 Å². The fourth-order valence-electron chi connectivity index (χ4n) is 5.04. The quantitative estimate of drug-likeness (QED) is 0.0698. The van der Waals surface area contributed by atoms with Crippen molar-refractivity contribution in [3.63, 3.8) is 0 Å². The maximum absolute atomic E-state index is 13.0. The van der Waals surface area contributed by atoms with Crippen LogP contribution in [0.1, 0.15) is 48.5 Å². The highest BCUT2D eigenvalue weighted by Gasteiger charge is 2.16. The Morgan fingerprint density at radius 1 is 0.519 bits per heavy atom. The first-order valence-electron chi connectivity index (χ1n) is 17.7. The summed E-state index contributed by atoms with van der Waals surface area (Å²) >= 11 is 0. The number of pyridine rings is 1. The molecule has 4 unspecified atom stereocenters. The third kappa shape index (κ3) is 12.2. The van der Waals surface area contributed by atoms with E-state index in [1.807, 2.05) is 86.6 Å². The minimum Gasteiger partial charge on any atom is -0.491 e. The fraction of sp³-hybridized carbons (Fsp3) is 0.279. The number of nitrogens with zero attached hydrogens (tertiary/aromatic N) is 1. The van der Waals surface area contributed by atoms with Crippen LogP contribution in [0.4, 0.5) is 0 Å². The number of aliphatic hydroxyl groups excluding tert-OH is 2. The van der Waals surface area contributed by atoms with Gasteiger partial charge in [-0.25, -0.2) is 14.6 Å². The molecule has 0 spiro atoms. The Kier molecular flexibility index (Phi) is 14.3. The normalized spacial score (nSPS) is 13.3. The molecule has 0 saturated carbocycles. The molecule has 11 heteroatoms. The Labute approximate surface area is 315 Å². The van der Waals surface area contributed by atoms with Crippen molar-refractivity contribution in [2.75, 3.05) is 26.4 Å². The summed E-state index contributed by atoms with van der Waals surface area (Å²) in [7, 11) is 0. The van der Waals surface area contributed by atoms with Crippen LogP contribution in [0.25, 0.3) is 22.3 Å². The Morgan fingerprint density at radius 3 is 1.28 bits per heavy atom. The molecule has 0 aliphatic rings. The number of rotatable bonds is 18. The van der Waals surface area contributed by atoms with Crippen molar-refractivity contribution in [2.24, 2.45) is 0 Å². The lowest BCUT2D eigenvalue weighted by molar-refractivity contribution is -0.0132. The summed E-state index contributed by atoms with van der Waals surface area (Å²) < 4.78 is 33.7. The van der Waals surface area contributed by atoms with Crippen molar-refractivity contribution in [3.8, 4) is 45.3 Å². The van der Waals surface area contributed by atoms with E-state index in [1.54, 1.807) is 38.1 Å². The molecule has 282 valence electrons. The zero-order chi connectivity index (χ0) is 38.5. The topological polar surface area (TPSA) is 143 Å². The highest BCUT2D eigenvalue weighted by atomic mass is 16.6. The molecule has 4 aromatic carbocycles. The van der Waals surface area contributed by atoms with Crippen LogP contribution in [-0.4, -0.2) is 78.0 Å². The fourth-order valence-corrected chi connectivity index (χ4v) is 5.04. The third-order valence-corrected chi connectivity index (χ3v) is 7.92. The van der Waals surface area contributed by atoms with E-state index < -0.39 is 24.1 Å². The van der Waals surface area contributed by atoms with Gasteiger partial charge >= 0.3 is 11.9 Å². The Morgan fingerprint density at radius 2 is 0.889 bits per heavy atom. The monoisotopic (exact) mass is 735 g/mol. The molecule has 0 bridgehead atoms. The summed E-state index contributed by atoms with van der Waals surface area (Å²) in [6, 6.07) is 32.1. The molecule has 5 aromatic rings. The first kappa shape index (κ1) is 39.6. The minimum absolute atomic E-state index is 0.0424. The van der Waals surface area contributed by atoms with Gasteiger partial charge in [0.2, 0.25) is 0 Å². The molecule has 0 aliphatic carbocycles. The Hall–Kier alpha value is -5.59. The highest BCUT2D eigenvalue weighted by molar-refractivity contribution is 5.95. The number of hydrogen-bond donors (Lipinski definition) is 2. The predicted molar refractivity (Wildman–Crippen MR) is 203 cm³/mol. The van der Waals surface area contributed by atoms with Gasteiger partial charge in [-0.1, -0.05) is 48.5 Å². The van der Waals surface area contributed by atoms with Gasteiger partial charge < -0.3 is 38.6 Å². The van der Waals surface area contributed by atoms with Crippen LogP contribution < -0.4 is 18.9 Å². The summed E-state index contributed by atoms with van der Waals surface area (Å²) in [5.74, 6) is 0.689. The molecular formula is C43H45NO10. The average Bonchev–Trinajstić information content (AvgIpc) is 3.18. The lowest BCUT2D eigenvalue weighted by Crippen LogP contribution is -2.22.